The largest absolute Gasteiger partial charge is 0.481 e. The number of aliphatic carboxylic acids is 1. The molecule has 0 saturated carbocycles. The fourth-order valence-corrected chi connectivity index (χ4v) is 1.78. The molecular formula is C14H21NO2. The monoisotopic (exact) mass is 235 g/mol. The van der Waals surface area contributed by atoms with E-state index >= 15 is 0 Å². The van der Waals surface area contributed by atoms with Gasteiger partial charge in [-0.1, -0.05) is 25.1 Å². The van der Waals surface area contributed by atoms with Crippen LogP contribution < -0.4 is 4.90 Å². The molecule has 0 heterocycles. The molecule has 0 aliphatic carbocycles. The lowest BCUT2D eigenvalue weighted by molar-refractivity contribution is -0.147. The zero-order valence-corrected chi connectivity index (χ0v) is 10.8. The number of benzene rings is 1. The van der Waals surface area contributed by atoms with Gasteiger partial charge in [0.15, 0.2) is 0 Å². The van der Waals surface area contributed by atoms with E-state index in [1.807, 2.05) is 44.2 Å². The third-order valence-corrected chi connectivity index (χ3v) is 3.34. The first-order chi connectivity index (χ1) is 8.03. The lowest BCUT2D eigenvalue weighted by Gasteiger charge is -2.32. The van der Waals surface area contributed by atoms with Crippen molar-refractivity contribution in [3.8, 4) is 0 Å². The Hall–Kier alpha value is -1.51. The second-order valence-electron chi connectivity index (χ2n) is 4.57. The molecule has 3 nitrogen and oxygen atoms in total. The van der Waals surface area contributed by atoms with E-state index in [0.29, 0.717) is 13.0 Å². The minimum atomic E-state index is -0.727. The van der Waals surface area contributed by atoms with Crippen molar-refractivity contribution < 1.29 is 9.90 Å². The molecule has 0 amide bonds. The summed E-state index contributed by atoms with van der Waals surface area (Å²) in [6, 6.07) is 9.94. The van der Waals surface area contributed by atoms with Crippen LogP contribution >= 0.6 is 0 Å². The Morgan fingerprint density at radius 1 is 1.29 bits per heavy atom. The number of carbonyl (C=O) groups is 1. The van der Waals surface area contributed by atoms with Crippen molar-refractivity contribution >= 4 is 11.7 Å². The van der Waals surface area contributed by atoms with Crippen molar-refractivity contribution in [2.45, 2.75) is 27.2 Å². The van der Waals surface area contributed by atoms with E-state index in [4.69, 9.17) is 0 Å². The Balaban J connectivity index is 2.87. The summed E-state index contributed by atoms with van der Waals surface area (Å²) in [5, 5.41) is 9.30. The van der Waals surface area contributed by atoms with Crippen LogP contribution in [0.3, 0.4) is 0 Å². The molecule has 94 valence electrons. The molecule has 0 bridgehead atoms. The zero-order chi connectivity index (χ0) is 12.9. The molecule has 17 heavy (non-hydrogen) atoms. The number of anilines is 1. The number of carboxylic acid groups (broad SMARTS) is 1. The molecule has 0 aliphatic rings. The molecule has 0 aliphatic heterocycles. The smallest absolute Gasteiger partial charge is 0.311 e. The average molecular weight is 235 g/mol. The van der Waals surface area contributed by atoms with Gasteiger partial charge in [-0.15, -0.1) is 0 Å². The molecule has 1 atom stereocenters. The summed E-state index contributed by atoms with van der Waals surface area (Å²) in [5.74, 6) is -0.727. The van der Waals surface area contributed by atoms with Gasteiger partial charge in [-0.05, 0) is 32.4 Å². The van der Waals surface area contributed by atoms with Crippen molar-refractivity contribution in [1.82, 2.24) is 0 Å². The quantitative estimate of drug-likeness (QED) is 0.824. The van der Waals surface area contributed by atoms with E-state index in [9.17, 15) is 9.90 Å². The van der Waals surface area contributed by atoms with Crippen LogP contribution in [0.1, 0.15) is 27.2 Å². The summed E-state index contributed by atoms with van der Waals surface area (Å²) < 4.78 is 0. The first-order valence-corrected chi connectivity index (χ1v) is 6.07. The third kappa shape index (κ3) is 3.22. The van der Waals surface area contributed by atoms with E-state index in [2.05, 4.69) is 4.90 Å². The topological polar surface area (TPSA) is 40.5 Å². The Labute approximate surface area is 103 Å². The van der Waals surface area contributed by atoms with E-state index in [0.717, 1.165) is 12.2 Å². The van der Waals surface area contributed by atoms with Crippen molar-refractivity contribution in [3.05, 3.63) is 30.3 Å². The fraction of sp³-hybridized carbons (Fsp3) is 0.500. The van der Waals surface area contributed by atoms with Crippen LogP contribution in [0.25, 0.3) is 0 Å². The standard InChI is InChI=1S/C14H21NO2/c1-4-14(3,13(16)17)11-15(5-2)12-9-7-6-8-10-12/h6-10H,4-5,11H2,1-3H3,(H,16,17). The van der Waals surface area contributed by atoms with Crippen molar-refractivity contribution in [1.29, 1.82) is 0 Å². The Morgan fingerprint density at radius 3 is 2.29 bits per heavy atom. The molecule has 1 aromatic rings. The lowest BCUT2D eigenvalue weighted by atomic mass is 9.87. The normalized spacial score (nSPS) is 14.1. The van der Waals surface area contributed by atoms with E-state index in [-0.39, 0.29) is 0 Å². The summed E-state index contributed by atoms with van der Waals surface area (Å²) in [6.07, 6.45) is 0.631. The Bertz CT molecular complexity index is 364. The average Bonchev–Trinajstić information content (AvgIpc) is 2.36. The highest BCUT2D eigenvalue weighted by Crippen LogP contribution is 2.25. The maximum absolute atomic E-state index is 11.3. The maximum atomic E-state index is 11.3. The number of rotatable bonds is 6. The van der Waals surface area contributed by atoms with Gasteiger partial charge in [0.05, 0.1) is 5.41 Å². The molecule has 0 fully saturated rings. The van der Waals surface area contributed by atoms with Gasteiger partial charge in [-0.3, -0.25) is 4.79 Å². The highest BCUT2D eigenvalue weighted by molar-refractivity contribution is 5.75. The summed E-state index contributed by atoms with van der Waals surface area (Å²) >= 11 is 0. The van der Waals surface area contributed by atoms with Gasteiger partial charge in [0.25, 0.3) is 0 Å². The molecule has 0 spiro atoms. The second-order valence-corrected chi connectivity index (χ2v) is 4.57. The number of hydrogen-bond donors (Lipinski definition) is 1. The van der Waals surface area contributed by atoms with Crippen molar-refractivity contribution in [3.63, 3.8) is 0 Å². The van der Waals surface area contributed by atoms with Crippen LogP contribution in [0.4, 0.5) is 5.69 Å². The Kier molecular flexibility index (Phi) is 4.55. The van der Waals surface area contributed by atoms with Crippen LogP contribution in [0.2, 0.25) is 0 Å². The van der Waals surface area contributed by atoms with Gasteiger partial charge >= 0.3 is 5.97 Å². The SMILES string of the molecule is CCN(CC(C)(CC)C(=O)O)c1ccccc1. The molecule has 0 aromatic heterocycles. The van der Waals surface area contributed by atoms with Crippen LogP contribution in [0.5, 0.6) is 0 Å². The van der Waals surface area contributed by atoms with E-state index in [1.165, 1.54) is 0 Å². The molecule has 0 saturated heterocycles. The number of carboxylic acids is 1. The number of para-hydroxylation sites is 1. The maximum Gasteiger partial charge on any atom is 0.311 e. The van der Waals surface area contributed by atoms with E-state index < -0.39 is 11.4 Å². The molecule has 1 N–H and O–H groups in total. The van der Waals surface area contributed by atoms with Gasteiger partial charge in [0.1, 0.15) is 0 Å². The third-order valence-electron chi connectivity index (χ3n) is 3.34. The van der Waals surface area contributed by atoms with Gasteiger partial charge in [-0.25, -0.2) is 0 Å². The summed E-state index contributed by atoms with van der Waals surface area (Å²) in [7, 11) is 0. The van der Waals surface area contributed by atoms with Crippen molar-refractivity contribution in [2.75, 3.05) is 18.0 Å². The second kappa shape index (κ2) is 5.71. The first-order valence-electron chi connectivity index (χ1n) is 6.07. The summed E-state index contributed by atoms with van der Waals surface area (Å²) in [5.41, 5.74) is 0.391. The predicted octanol–water partition coefficient (Wildman–Crippen LogP) is 3.01. The van der Waals surface area contributed by atoms with Gasteiger partial charge in [0, 0.05) is 18.8 Å². The fourth-order valence-electron chi connectivity index (χ4n) is 1.78. The van der Waals surface area contributed by atoms with Gasteiger partial charge in [0.2, 0.25) is 0 Å². The zero-order valence-electron chi connectivity index (χ0n) is 10.8. The highest BCUT2D eigenvalue weighted by atomic mass is 16.4. The van der Waals surface area contributed by atoms with Crippen LogP contribution in [0, 0.1) is 5.41 Å². The van der Waals surface area contributed by atoms with E-state index in [1.54, 1.807) is 6.92 Å². The summed E-state index contributed by atoms with van der Waals surface area (Å²) in [6.45, 7) is 7.13. The first kappa shape index (κ1) is 13.6. The van der Waals surface area contributed by atoms with Gasteiger partial charge in [-0.2, -0.15) is 0 Å². The predicted molar refractivity (Wildman–Crippen MR) is 70.4 cm³/mol. The molecule has 1 aromatic carbocycles. The lowest BCUT2D eigenvalue weighted by Crippen LogP contribution is -2.41. The van der Waals surface area contributed by atoms with Gasteiger partial charge < -0.3 is 10.0 Å². The molecule has 1 unspecified atom stereocenters. The molecule has 0 radical (unpaired) electrons. The summed E-state index contributed by atoms with van der Waals surface area (Å²) in [4.78, 5) is 13.4. The molecule has 1 rings (SSSR count). The van der Waals surface area contributed by atoms with Crippen molar-refractivity contribution in [2.24, 2.45) is 5.41 Å². The van der Waals surface area contributed by atoms with Crippen LogP contribution in [0.15, 0.2) is 30.3 Å². The highest BCUT2D eigenvalue weighted by Gasteiger charge is 2.33. The van der Waals surface area contributed by atoms with Crippen LogP contribution in [-0.4, -0.2) is 24.2 Å². The Morgan fingerprint density at radius 2 is 1.88 bits per heavy atom. The molecule has 3 heteroatoms. The minimum absolute atomic E-state index is 0.541. The van der Waals surface area contributed by atoms with Crippen LogP contribution in [-0.2, 0) is 4.79 Å². The minimum Gasteiger partial charge on any atom is -0.481 e. The molecular weight excluding hydrogens is 214 g/mol. The number of nitrogens with zero attached hydrogens (tertiary/aromatic N) is 1. The number of hydrogen-bond acceptors (Lipinski definition) is 2.